The fourth-order valence-corrected chi connectivity index (χ4v) is 2.21. The van der Waals surface area contributed by atoms with Gasteiger partial charge < -0.3 is 19.5 Å². The zero-order chi connectivity index (χ0) is 16.8. The average molecular weight is 319 g/mol. The lowest BCUT2D eigenvalue weighted by atomic mass is 10.1. The summed E-state index contributed by atoms with van der Waals surface area (Å²) in [5.74, 6) is 1.66. The summed E-state index contributed by atoms with van der Waals surface area (Å²) in [6, 6.07) is 4.88. The average Bonchev–Trinajstić information content (AvgIpc) is 3.12. The van der Waals surface area contributed by atoms with Gasteiger partial charge in [-0.1, -0.05) is 0 Å². The van der Waals surface area contributed by atoms with Gasteiger partial charge in [0.05, 0.1) is 33.4 Å². The Morgan fingerprint density at radius 3 is 2.35 bits per heavy atom. The number of methoxy groups -OCH3 is 3. The number of carbonyl (C=O) groups excluding carboxylic acids is 1. The van der Waals surface area contributed by atoms with E-state index in [9.17, 15) is 4.79 Å². The fourth-order valence-electron chi connectivity index (χ4n) is 2.21. The van der Waals surface area contributed by atoms with Crippen molar-refractivity contribution < 1.29 is 19.0 Å². The van der Waals surface area contributed by atoms with Gasteiger partial charge in [0.2, 0.25) is 5.91 Å². The fraction of sp³-hybridized carbons (Fsp3) is 0.375. The zero-order valence-corrected chi connectivity index (χ0v) is 13.7. The largest absolute Gasteiger partial charge is 0.496 e. The SMILES string of the molecule is COc1cc(OC)c(CNC(=O)C(C)n2cccn2)c(OC)c1. The summed E-state index contributed by atoms with van der Waals surface area (Å²) in [6.07, 6.45) is 3.39. The van der Waals surface area contributed by atoms with Gasteiger partial charge in [0.15, 0.2) is 0 Å². The van der Waals surface area contributed by atoms with Gasteiger partial charge in [0.1, 0.15) is 23.3 Å². The monoisotopic (exact) mass is 319 g/mol. The van der Waals surface area contributed by atoms with Gasteiger partial charge in [-0.2, -0.15) is 5.10 Å². The van der Waals surface area contributed by atoms with Gasteiger partial charge in [-0.25, -0.2) is 0 Å². The summed E-state index contributed by atoms with van der Waals surface area (Å²) in [6.45, 7) is 2.06. The summed E-state index contributed by atoms with van der Waals surface area (Å²) in [7, 11) is 4.69. The molecule has 1 atom stereocenters. The van der Waals surface area contributed by atoms with E-state index in [1.54, 1.807) is 63.5 Å². The van der Waals surface area contributed by atoms with Crippen molar-refractivity contribution in [3.05, 3.63) is 36.2 Å². The molecule has 1 N–H and O–H groups in total. The highest BCUT2D eigenvalue weighted by atomic mass is 16.5. The highest BCUT2D eigenvalue weighted by molar-refractivity contribution is 5.79. The van der Waals surface area contributed by atoms with Gasteiger partial charge in [0, 0.05) is 24.5 Å². The molecule has 2 aromatic rings. The van der Waals surface area contributed by atoms with Crippen molar-refractivity contribution in [2.45, 2.75) is 19.5 Å². The van der Waals surface area contributed by atoms with Crippen LogP contribution in [-0.4, -0.2) is 37.0 Å². The molecule has 23 heavy (non-hydrogen) atoms. The van der Waals surface area contributed by atoms with Crippen LogP contribution in [0.1, 0.15) is 18.5 Å². The predicted octanol–water partition coefficient (Wildman–Crippen LogP) is 1.79. The van der Waals surface area contributed by atoms with Gasteiger partial charge >= 0.3 is 0 Å². The molecule has 0 aliphatic carbocycles. The number of amides is 1. The molecule has 0 radical (unpaired) electrons. The van der Waals surface area contributed by atoms with E-state index in [4.69, 9.17) is 14.2 Å². The van der Waals surface area contributed by atoms with Crippen LogP contribution in [-0.2, 0) is 11.3 Å². The molecule has 1 aromatic carbocycles. The first kappa shape index (κ1) is 16.7. The van der Waals surface area contributed by atoms with Crippen LogP contribution >= 0.6 is 0 Å². The molecule has 124 valence electrons. The van der Waals surface area contributed by atoms with Crippen molar-refractivity contribution in [2.24, 2.45) is 0 Å². The first-order valence-corrected chi connectivity index (χ1v) is 7.16. The maximum Gasteiger partial charge on any atom is 0.244 e. The van der Waals surface area contributed by atoms with E-state index in [2.05, 4.69) is 10.4 Å². The normalized spacial score (nSPS) is 11.7. The van der Waals surface area contributed by atoms with Crippen molar-refractivity contribution in [3.8, 4) is 17.2 Å². The Morgan fingerprint density at radius 1 is 1.22 bits per heavy atom. The molecule has 0 fully saturated rings. The second-order valence-corrected chi connectivity index (χ2v) is 4.89. The van der Waals surface area contributed by atoms with E-state index in [0.29, 0.717) is 17.2 Å². The summed E-state index contributed by atoms with van der Waals surface area (Å²) in [5, 5.41) is 6.95. The maximum absolute atomic E-state index is 12.3. The van der Waals surface area contributed by atoms with Gasteiger partial charge in [0.25, 0.3) is 0 Å². The van der Waals surface area contributed by atoms with Crippen LogP contribution in [0, 0.1) is 0 Å². The first-order chi connectivity index (χ1) is 11.1. The lowest BCUT2D eigenvalue weighted by Gasteiger charge is -2.17. The molecular weight excluding hydrogens is 298 g/mol. The lowest BCUT2D eigenvalue weighted by molar-refractivity contribution is -0.124. The third kappa shape index (κ3) is 3.74. The minimum Gasteiger partial charge on any atom is -0.496 e. The minimum absolute atomic E-state index is 0.145. The molecule has 1 aromatic heterocycles. The van der Waals surface area contributed by atoms with Crippen LogP contribution in [0.5, 0.6) is 17.2 Å². The van der Waals surface area contributed by atoms with Crippen LogP contribution in [0.2, 0.25) is 0 Å². The number of hydrogen-bond donors (Lipinski definition) is 1. The molecule has 0 aliphatic heterocycles. The van der Waals surface area contributed by atoms with Crippen LogP contribution < -0.4 is 19.5 Å². The molecule has 0 saturated carbocycles. The smallest absolute Gasteiger partial charge is 0.244 e. The Bertz CT molecular complexity index is 630. The summed E-state index contributed by atoms with van der Waals surface area (Å²) >= 11 is 0. The number of aromatic nitrogens is 2. The molecule has 2 rings (SSSR count). The molecule has 7 nitrogen and oxygen atoms in total. The van der Waals surface area contributed by atoms with Crippen molar-refractivity contribution in [3.63, 3.8) is 0 Å². The maximum atomic E-state index is 12.3. The van der Waals surface area contributed by atoms with Crippen LogP contribution in [0.25, 0.3) is 0 Å². The van der Waals surface area contributed by atoms with Crippen LogP contribution in [0.3, 0.4) is 0 Å². The van der Waals surface area contributed by atoms with E-state index in [1.165, 1.54) is 0 Å². The topological polar surface area (TPSA) is 74.6 Å². The summed E-state index contributed by atoms with van der Waals surface area (Å²) in [4.78, 5) is 12.3. The van der Waals surface area contributed by atoms with Crippen LogP contribution in [0.15, 0.2) is 30.6 Å². The van der Waals surface area contributed by atoms with Crippen molar-refractivity contribution in [1.82, 2.24) is 15.1 Å². The minimum atomic E-state index is -0.403. The Balaban J connectivity index is 2.14. The molecule has 0 bridgehead atoms. The standard InChI is InChI=1S/C16H21N3O4/c1-11(19-7-5-6-18-19)16(20)17-10-13-14(22-3)8-12(21-2)9-15(13)23-4/h5-9,11H,10H2,1-4H3,(H,17,20). The number of nitrogens with one attached hydrogen (secondary N) is 1. The molecule has 7 heteroatoms. The van der Waals surface area contributed by atoms with E-state index >= 15 is 0 Å². The highest BCUT2D eigenvalue weighted by Crippen LogP contribution is 2.33. The molecule has 1 heterocycles. The van der Waals surface area contributed by atoms with Crippen LogP contribution in [0.4, 0.5) is 0 Å². The number of ether oxygens (including phenoxy) is 3. The van der Waals surface area contributed by atoms with E-state index in [1.807, 2.05) is 0 Å². The third-order valence-corrected chi connectivity index (χ3v) is 3.56. The second kappa shape index (κ2) is 7.53. The van der Waals surface area contributed by atoms with Gasteiger partial charge in [-0.05, 0) is 13.0 Å². The molecule has 0 saturated heterocycles. The highest BCUT2D eigenvalue weighted by Gasteiger charge is 2.18. The molecule has 0 aliphatic rings. The zero-order valence-electron chi connectivity index (χ0n) is 13.7. The Morgan fingerprint density at radius 2 is 1.87 bits per heavy atom. The number of nitrogens with zero attached hydrogens (tertiary/aromatic N) is 2. The summed E-state index contributed by atoms with van der Waals surface area (Å²) in [5.41, 5.74) is 0.747. The third-order valence-electron chi connectivity index (χ3n) is 3.56. The second-order valence-electron chi connectivity index (χ2n) is 4.89. The molecule has 0 spiro atoms. The van der Waals surface area contributed by atoms with Crippen molar-refractivity contribution >= 4 is 5.91 Å². The Kier molecular flexibility index (Phi) is 5.46. The van der Waals surface area contributed by atoms with E-state index in [-0.39, 0.29) is 12.5 Å². The summed E-state index contributed by atoms with van der Waals surface area (Å²) < 4.78 is 17.5. The quantitative estimate of drug-likeness (QED) is 0.842. The predicted molar refractivity (Wildman–Crippen MR) is 84.9 cm³/mol. The first-order valence-electron chi connectivity index (χ1n) is 7.16. The molecule has 1 unspecified atom stereocenters. The molecular formula is C16H21N3O4. The van der Waals surface area contributed by atoms with Gasteiger partial charge in [-0.3, -0.25) is 9.48 Å². The number of hydrogen-bond acceptors (Lipinski definition) is 5. The molecule has 1 amide bonds. The lowest BCUT2D eigenvalue weighted by Crippen LogP contribution is -2.31. The van der Waals surface area contributed by atoms with Gasteiger partial charge in [-0.15, -0.1) is 0 Å². The number of rotatable bonds is 7. The van der Waals surface area contributed by atoms with Crippen molar-refractivity contribution in [2.75, 3.05) is 21.3 Å². The van der Waals surface area contributed by atoms with E-state index < -0.39 is 6.04 Å². The Labute approximate surface area is 135 Å². The Hall–Kier alpha value is -2.70. The van der Waals surface area contributed by atoms with E-state index in [0.717, 1.165) is 5.56 Å². The van der Waals surface area contributed by atoms with Crippen molar-refractivity contribution in [1.29, 1.82) is 0 Å². The number of benzene rings is 1. The number of carbonyl (C=O) groups is 1.